The topological polar surface area (TPSA) is 100 Å². The highest BCUT2D eigenvalue weighted by Gasteiger charge is 2.07. The van der Waals surface area contributed by atoms with Crippen molar-refractivity contribution in [2.75, 3.05) is 33.4 Å². The zero-order valence-electron chi connectivity index (χ0n) is 14.0. The van der Waals surface area contributed by atoms with Crippen LogP contribution in [0.5, 0.6) is 28.7 Å². The number of phenols is 2. The van der Waals surface area contributed by atoms with Gasteiger partial charge in [0.15, 0.2) is 23.0 Å². The predicted octanol–water partition coefficient (Wildman–Crippen LogP) is 1.51. The fourth-order valence-electron chi connectivity index (χ4n) is 2.08. The third-order valence-corrected chi connectivity index (χ3v) is 3.37. The number of aliphatic hydroxyl groups excluding tert-OH is 1. The van der Waals surface area contributed by atoms with E-state index in [0.717, 1.165) is 0 Å². The van der Waals surface area contributed by atoms with Crippen LogP contribution in [0.15, 0.2) is 42.5 Å². The van der Waals surface area contributed by atoms with E-state index in [9.17, 15) is 15.3 Å². The van der Waals surface area contributed by atoms with E-state index in [1.54, 1.807) is 7.11 Å². The van der Waals surface area contributed by atoms with Crippen molar-refractivity contribution in [3.05, 3.63) is 42.5 Å². The standard InChI is InChI=1S/C18H23NO6/c1-23-17-4-2-3-5-18(17)24-9-8-19-11-13(20)12-25-14-6-7-15(21)16(22)10-14/h2-7,10,13,19-22H,8-9,11-12H2,1H3/t13-/m0/s1. The molecule has 2 aromatic rings. The first-order valence-electron chi connectivity index (χ1n) is 7.89. The van der Waals surface area contributed by atoms with E-state index in [1.807, 2.05) is 24.3 Å². The molecule has 25 heavy (non-hydrogen) atoms. The average molecular weight is 349 g/mol. The molecule has 7 heteroatoms. The van der Waals surface area contributed by atoms with E-state index in [-0.39, 0.29) is 18.1 Å². The van der Waals surface area contributed by atoms with Gasteiger partial charge >= 0.3 is 0 Å². The molecule has 0 unspecified atom stereocenters. The van der Waals surface area contributed by atoms with E-state index in [2.05, 4.69) is 5.32 Å². The smallest absolute Gasteiger partial charge is 0.161 e. The molecule has 0 saturated heterocycles. The molecule has 0 saturated carbocycles. The summed E-state index contributed by atoms with van der Waals surface area (Å²) in [7, 11) is 1.59. The molecule has 2 rings (SSSR count). The van der Waals surface area contributed by atoms with Crippen LogP contribution in [0.2, 0.25) is 0 Å². The second-order valence-electron chi connectivity index (χ2n) is 5.32. The van der Waals surface area contributed by atoms with E-state index in [4.69, 9.17) is 14.2 Å². The lowest BCUT2D eigenvalue weighted by Gasteiger charge is -2.14. The van der Waals surface area contributed by atoms with Gasteiger partial charge in [-0.1, -0.05) is 12.1 Å². The van der Waals surface area contributed by atoms with E-state index < -0.39 is 6.10 Å². The number of aliphatic hydroxyl groups is 1. The summed E-state index contributed by atoms with van der Waals surface area (Å²) in [6.07, 6.45) is -0.720. The number of hydrogen-bond donors (Lipinski definition) is 4. The van der Waals surface area contributed by atoms with Gasteiger partial charge in [-0.15, -0.1) is 0 Å². The monoisotopic (exact) mass is 349 g/mol. The lowest BCUT2D eigenvalue weighted by Crippen LogP contribution is -2.33. The molecule has 0 bridgehead atoms. The number of phenolic OH excluding ortho intramolecular Hbond substituents is 2. The van der Waals surface area contributed by atoms with E-state index in [0.29, 0.717) is 36.9 Å². The zero-order chi connectivity index (χ0) is 18.1. The number of nitrogens with one attached hydrogen (secondary N) is 1. The Hall–Kier alpha value is -2.64. The summed E-state index contributed by atoms with van der Waals surface area (Å²) >= 11 is 0. The van der Waals surface area contributed by atoms with Crippen LogP contribution >= 0.6 is 0 Å². The lowest BCUT2D eigenvalue weighted by molar-refractivity contribution is 0.105. The van der Waals surface area contributed by atoms with Crippen LogP contribution in [0.1, 0.15) is 0 Å². The largest absolute Gasteiger partial charge is 0.504 e. The number of ether oxygens (including phenoxy) is 3. The van der Waals surface area contributed by atoms with Crippen LogP contribution in [0.25, 0.3) is 0 Å². The van der Waals surface area contributed by atoms with Crippen molar-refractivity contribution in [2.45, 2.75) is 6.10 Å². The summed E-state index contributed by atoms with van der Waals surface area (Å²) in [5, 5.41) is 31.5. The Morgan fingerprint density at radius 3 is 2.48 bits per heavy atom. The van der Waals surface area contributed by atoms with Gasteiger partial charge in [-0.05, 0) is 24.3 Å². The number of methoxy groups -OCH3 is 1. The summed E-state index contributed by atoms with van der Waals surface area (Å²) in [5.41, 5.74) is 0. The lowest BCUT2D eigenvalue weighted by atomic mass is 10.3. The van der Waals surface area contributed by atoms with Crippen LogP contribution < -0.4 is 19.5 Å². The quantitative estimate of drug-likeness (QED) is 0.381. The highest BCUT2D eigenvalue weighted by molar-refractivity contribution is 5.43. The highest BCUT2D eigenvalue weighted by atomic mass is 16.5. The second kappa shape index (κ2) is 9.61. The molecule has 0 aliphatic rings. The maximum Gasteiger partial charge on any atom is 0.161 e. The van der Waals surface area contributed by atoms with Crippen molar-refractivity contribution in [3.63, 3.8) is 0 Å². The molecule has 4 N–H and O–H groups in total. The Kier molecular flexibility index (Phi) is 7.18. The van der Waals surface area contributed by atoms with E-state index in [1.165, 1.54) is 18.2 Å². The molecule has 0 aliphatic heterocycles. The fraction of sp³-hybridized carbons (Fsp3) is 0.333. The van der Waals surface area contributed by atoms with Crippen molar-refractivity contribution >= 4 is 0 Å². The number of hydrogen-bond acceptors (Lipinski definition) is 7. The van der Waals surface area contributed by atoms with Gasteiger partial charge in [0, 0.05) is 19.2 Å². The molecule has 0 radical (unpaired) electrons. The van der Waals surface area contributed by atoms with Crippen LogP contribution in [0.3, 0.4) is 0 Å². The van der Waals surface area contributed by atoms with Crippen molar-refractivity contribution in [1.82, 2.24) is 5.32 Å². The van der Waals surface area contributed by atoms with Crippen molar-refractivity contribution in [3.8, 4) is 28.7 Å². The Morgan fingerprint density at radius 2 is 1.76 bits per heavy atom. The van der Waals surface area contributed by atoms with Crippen molar-refractivity contribution in [1.29, 1.82) is 0 Å². The van der Waals surface area contributed by atoms with Gasteiger partial charge in [0.1, 0.15) is 25.1 Å². The van der Waals surface area contributed by atoms with Crippen molar-refractivity contribution < 1.29 is 29.5 Å². The molecule has 0 aliphatic carbocycles. The molecule has 0 heterocycles. The first kappa shape index (κ1) is 18.7. The van der Waals surface area contributed by atoms with E-state index >= 15 is 0 Å². The molecule has 0 fully saturated rings. The minimum absolute atomic E-state index is 0.0601. The summed E-state index contributed by atoms with van der Waals surface area (Å²) in [6.45, 7) is 1.37. The van der Waals surface area contributed by atoms with Gasteiger partial charge in [-0.2, -0.15) is 0 Å². The maximum absolute atomic E-state index is 9.87. The molecule has 0 spiro atoms. The molecule has 2 aromatic carbocycles. The number of benzene rings is 2. The summed E-state index contributed by atoms with van der Waals surface area (Å²) < 4.78 is 16.2. The first-order chi connectivity index (χ1) is 12.1. The van der Waals surface area contributed by atoms with Gasteiger partial charge in [0.2, 0.25) is 0 Å². The molecule has 7 nitrogen and oxygen atoms in total. The third-order valence-electron chi connectivity index (χ3n) is 3.37. The Bertz CT molecular complexity index is 664. The number of aromatic hydroxyl groups is 2. The third kappa shape index (κ3) is 6.06. The van der Waals surface area contributed by atoms with Gasteiger partial charge < -0.3 is 34.8 Å². The predicted molar refractivity (Wildman–Crippen MR) is 92.6 cm³/mol. The van der Waals surface area contributed by atoms with Gasteiger partial charge in [-0.25, -0.2) is 0 Å². The SMILES string of the molecule is COc1ccccc1OCCNC[C@H](O)COc1ccc(O)c(O)c1. The fourth-order valence-corrected chi connectivity index (χ4v) is 2.08. The number of rotatable bonds is 10. The highest BCUT2D eigenvalue weighted by Crippen LogP contribution is 2.28. The zero-order valence-corrected chi connectivity index (χ0v) is 14.0. The molecular formula is C18H23NO6. The first-order valence-corrected chi connectivity index (χ1v) is 7.89. The molecular weight excluding hydrogens is 326 g/mol. The Labute approximate surface area is 146 Å². The minimum atomic E-state index is -0.720. The average Bonchev–Trinajstić information content (AvgIpc) is 2.62. The Balaban J connectivity index is 1.62. The number of para-hydroxylation sites is 2. The summed E-state index contributed by atoms with van der Waals surface area (Å²) in [6, 6.07) is 11.5. The summed E-state index contributed by atoms with van der Waals surface area (Å²) in [4.78, 5) is 0. The molecule has 1 atom stereocenters. The van der Waals surface area contributed by atoms with Crippen LogP contribution in [0, 0.1) is 0 Å². The molecule has 136 valence electrons. The van der Waals surface area contributed by atoms with Crippen LogP contribution in [-0.2, 0) is 0 Å². The van der Waals surface area contributed by atoms with Crippen molar-refractivity contribution in [2.24, 2.45) is 0 Å². The normalized spacial score (nSPS) is 11.8. The van der Waals surface area contributed by atoms with Crippen LogP contribution in [0.4, 0.5) is 0 Å². The second-order valence-corrected chi connectivity index (χ2v) is 5.32. The van der Waals surface area contributed by atoms with Gasteiger partial charge in [-0.3, -0.25) is 0 Å². The molecule has 0 amide bonds. The van der Waals surface area contributed by atoms with Gasteiger partial charge in [0.05, 0.1) is 7.11 Å². The van der Waals surface area contributed by atoms with Gasteiger partial charge in [0.25, 0.3) is 0 Å². The maximum atomic E-state index is 9.87. The Morgan fingerprint density at radius 1 is 1.00 bits per heavy atom. The molecule has 0 aromatic heterocycles. The summed E-state index contributed by atoms with van der Waals surface area (Å²) in [5.74, 6) is 1.23. The van der Waals surface area contributed by atoms with Crippen LogP contribution in [-0.4, -0.2) is 54.8 Å². The minimum Gasteiger partial charge on any atom is -0.504 e.